The molecule has 0 amide bonds. The third kappa shape index (κ3) is 30.7. The van der Waals surface area contributed by atoms with Crippen LogP contribution >= 0.6 is 7.82 Å². The lowest BCUT2D eigenvalue weighted by molar-refractivity contribution is -0.870. The van der Waals surface area contributed by atoms with Gasteiger partial charge in [0.05, 0.1) is 40.0 Å². The highest BCUT2D eigenvalue weighted by Gasteiger charge is 2.39. The van der Waals surface area contributed by atoms with Crippen molar-refractivity contribution in [3.05, 3.63) is 24.3 Å². The topological polar surface area (TPSA) is 166 Å². The second kappa shape index (κ2) is 33.7. The highest BCUT2D eigenvalue weighted by Crippen LogP contribution is 2.43. The highest BCUT2D eigenvalue weighted by atomic mass is 31.2. The van der Waals surface area contributed by atoms with E-state index in [0.29, 0.717) is 43.1 Å². The predicted molar refractivity (Wildman–Crippen MR) is 235 cm³/mol. The second-order valence-corrected chi connectivity index (χ2v) is 19.0. The van der Waals surface area contributed by atoms with Gasteiger partial charge < -0.3 is 29.1 Å². The molecule has 1 saturated carbocycles. The van der Waals surface area contributed by atoms with Crippen LogP contribution < -0.4 is 0 Å². The maximum atomic E-state index is 12.8. The number of nitrogens with zero attached hydrogens (tertiary/aromatic N) is 1. The lowest BCUT2D eigenvalue weighted by Gasteiger charge is -2.24. The number of carbonyl (C=O) groups is 3. The molecular weight excluding hydrogens is 773 g/mol. The molecule has 0 aromatic rings. The zero-order chi connectivity index (χ0) is 43.8. The zero-order valence-electron chi connectivity index (χ0n) is 37.7. The van der Waals surface area contributed by atoms with Gasteiger partial charge in [0.15, 0.2) is 6.10 Å². The Morgan fingerprint density at radius 3 is 1.93 bits per heavy atom. The van der Waals surface area contributed by atoms with Gasteiger partial charge in [-0.3, -0.25) is 23.4 Å². The number of aliphatic hydroxyl groups excluding tert-OH is 2. The van der Waals surface area contributed by atoms with E-state index >= 15 is 0 Å². The van der Waals surface area contributed by atoms with Gasteiger partial charge >= 0.3 is 19.8 Å². The normalized spacial score (nSPS) is 19.4. The fourth-order valence-electron chi connectivity index (χ4n) is 7.11. The number of ether oxygens (including phenoxy) is 2. The molecule has 344 valence electrons. The van der Waals surface area contributed by atoms with Crippen molar-refractivity contribution in [1.29, 1.82) is 0 Å². The van der Waals surface area contributed by atoms with Gasteiger partial charge in [-0.2, -0.15) is 0 Å². The molecule has 1 rings (SSSR count). The summed E-state index contributed by atoms with van der Waals surface area (Å²) in [5.41, 5.74) is 0. The summed E-state index contributed by atoms with van der Waals surface area (Å²) in [6.07, 6.45) is 28.7. The molecule has 0 aromatic carbocycles. The lowest BCUT2D eigenvalue weighted by Crippen LogP contribution is -2.37. The molecule has 13 heteroatoms. The molecule has 0 radical (unpaired) electrons. The smallest absolute Gasteiger partial charge is 0.462 e. The number of phosphoric acid groups is 1. The van der Waals surface area contributed by atoms with Crippen LogP contribution in [0.5, 0.6) is 0 Å². The molecule has 1 aliphatic rings. The molecule has 0 aliphatic heterocycles. The van der Waals surface area contributed by atoms with Gasteiger partial charge in [0.25, 0.3) is 0 Å². The van der Waals surface area contributed by atoms with E-state index < -0.39 is 44.7 Å². The summed E-state index contributed by atoms with van der Waals surface area (Å²) >= 11 is 0. The van der Waals surface area contributed by atoms with E-state index in [4.69, 9.17) is 18.5 Å². The summed E-state index contributed by atoms with van der Waals surface area (Å²) < 4.78 is 34.2. The van der Waals surface area contributed by atoms with Gasteiger partial charge in [0, 0.05) is 31.1 Å². The number of phosphoric ester groups is 1. The van der Waals surface area contributed by atoms with E-state index in [1.807, 2.05) is 33.3 Å². The van der Waals surface area contributed by atoms with Crippen molar-refractivity contribution in [2.24, 2.45) is 11.8 Å². The first-order valence-electron chi connectivity index (χ1n) is 23.2. The van der Waals surface area contributed by atoms with E-state index in [0.717, 1.165) is 38.5 Å². The van der Waals surface area contributed by atoms with Crippen LogP contribution in [-0.4, -0.2) is 103 Å². The second-order valence-electron chi connectivity index (χ2n) is 17.6. The molecule has 0 aromatic heterocycles. The standard InChI is InChI=1S/C46H84NO11P/c1-6-8-10-11-12-13-14-15-16-17-18-19-20-21-26-30-45(51)55-37-40(38-57-59(53,54)56-35-34-47(3,4)5)58-46(52)31-27-23-22-25-29-41-42(44(50)36-43(41)49)33-32-39(48)28-24-9-7-2/h22,25,32-33,39-42,44,48,50H,6-21,23-24,26-31,34-38H2,1-5H3/p+1/b25-22-,33-32+/t39-,40+,41+,42+,44+/m0/s1. The minimum Gasteiger partial charge on any atom is -0.462 e. The molecule has 0 spiro atoms. The molecule has 3 N–H and O–H groups in total. The molecule has 0 saturated heterocycles. The van der Waals surface area contributed by atoms with Crippen molar-refractivity contribution in [2.75, 3.05) is 47.5 Å². The van der Waals surface area contributed by atoms with E-state index in [9.17, 15) is 34.1 Å². The number of esters is 2. The summed E-state index contributed by atoms with van der Waals surface area (Å²) in [6.45, 7) is 4.01. The number of rotatable bonds is 38. The lowest BCUT2D eigenvalue weighted by atomic mass is 9.90. The van der Waals surface area contributed by atoms with Crippen LogP contribution in [0.4, 0.5) is 0 Å². The summed E-state index contributed by atoms with van der Waals surface area (Å²) in [5.74, 6) is -1.72. The molecular formula is C46H85NO11P+. The Labute approximate surface area is 358 Å². The van der Waals surface area contributed by atoms with Crippen LogP contribution in [0.2, 0.25) is 0 Å². The number of allylic oxidation sites excluding steroid dienone is 2. The number of unbranched alkanes of at least 4 members (excludes halogenated alkanes) is 17. The van der Waals surface area contributed by atoms with Gasteiger partial charge in [-0.15, -0.1) is 0 Å². The number of ketones is 1. The minimum absolute atomic E-state index is 0.00387. The van der Waals surface area contributed by atoms with Crippen LogP contribution in [0.15, 0.2) is 24.3 Å². The Hall–Kier alpha value is -1.92. The number of aliphatic hydroxyl groups is 2. The summed E-state index contributed by atoms with van der Waals surface area (Å²) in [6, 6.07) is 0. The zero-order valence-corrected chi connectivity index (χ0v) is 38.6. The number of hydrogen-bond acceptors (Lipinski definition) is 10. The van der Waals surface area contributed by atoms with Crippen LogP contribution in [0.1, 0.15) is 174 Å². The van der Waals surface area contributed by atoms with Crippen molar-refractivity contribution >= 4 is 25.5 Å². The average molecular weight is 859 g/mol. The highest BCUT2D eigenvalue weighted by molar-refractivity contribution is 7.47. The first-order valence-corrected chi connectivity index (χ1v) is 24.7. The molecule has 0 bridgehead atoms. The maximum absolute atomic E-state index is 12.8. The predicted octanol–water partition coefficient (Wildman–Crippen LogP) is 9.72. The Morgan fingerprint density at radius 1 is 0.780 bits per heavy atom. The van der Waals surface area contributed by atoms with Gasteiger partial charge in [-0.05, 0) is 32.1 Å². The number of hydrogen-bond donors (Lipinski definition) is 3. The molecule has 6 atom stereocenters. The van der Waals surface area contributed by atoms with Crippen molar-refractivity contribution < 1.29 is 57.1 Å². The SMILES string of the molecule is CCCCCCCCCCCCCCCCCC(=O)OC[C@H](COP(=O)(O)OCC[N+](C)(C)C)OC(=O)CCC/C=C\C[C@H]1C(=O)C[C@@H](O)[C@@H]1/C=C/[C@@H](O)CCCCC. The maximum Gasteiger partial charge on any atom is 0.472 e. The van der Waals surface area contributed by atoms with Gasteiger partial charge in [-0.25, -0.2) is 4.57 Å². The third-order valence-corrected chi connectivity index (χ3v) is 11.8. The van der Waals surface area contributed by atoms with E-state index in [1.54, 1.807) is 12.2 Å². The van der Waals surface area contributed by atoms with Crippen molar-refractivity contribution in [1.82, 2.24) is 0 Å². The third-order valence-electron chi connectivity index (χ3n) is 10.9. The summed E-state index contributed by atoms with van der Waals surface area (Å²) in [4.78, 5) is 48.2. The Kier molecular flexibility index (Phi) is 31.4. The first-order chi connectivity index (χ1) is 28.2. The van der Waals surface area contributed by atoms with Crippen LogP contribution in [0.3, 0.4) is 0 Å². The number of quaternary nitrogens is 1. The Morgan fingerprint density at radius 2 is 1.34 bits per heavy atom. The molecule has 0 heterocycles. The Bertz CT molecular complexity index is 1220. The van der Waals surface area contributed by atoms with Crippen molar-refractivity contribution in [2.45, 2.75) is 193 Å². The van der Waals surface area contributed by atoms with Crippen molar-refractivity contribution in [3.63, 3.8) is 0 Å². The Balaban J connectivity index is 2.49. The van der Waals surface area contributed by atoms with E-state index in [-0.39, 0.29) is 50.1 Å². The summed E-state index contributed by atoms with van der Waals surface area (Å²) in [5, 5.41) is 20.7. The van der Waals surface area contributed by atoms with E-state index in [1.165, 1.54) is 70.6 Å². The fraction of sp³-hybridized carbons (Fsp3) is 0.848. The van der Waals surface area contributed by atoms with Crippen LogP contribution in [-0.2, 0) is 37.5 Å². The molecule has 59 heavy (non-hydrogen) atoms. The van der Waals surface area contributed by atoms with Crippen LogP contribution in [0, 0.1) is 11.8 Å². The van der Waals surface area contributed by atoms with Gasteiger partial charge in [-0.1, -0.05) is 147 Å². The van der Waals surface area contributed by atoms with Gasteiger partial charge in [0.2, 0.25) is 0 Å². The monoisotopic (exact) mass is 859 g/mol. The van der Waals surface area contributed by atoms with Crippen molar-refractivity contribution in [3.8, 4) is 0 Å². The quantitative estimate of drug-likeness (QED) is 0.0178. The molecule has 12 nitrogen and oxygen atoms in total. The van der Waals surface area contributed by atoms with E-state index in [2.05, 4.69) is 13.8 Å². The molecule has 1 unspecified atom stereocenters. The minimum atomic E-state index is -4.45. The van der Waals surface area contributed by atoms with Gasteiger partial charge in [0.1, 0.15) is 25.5 Å². The fourth-order valence-corrected chi connectivity index (χ4v) is 7.85. The van der Waals surface area contributed by atoms with Crippen LogP contribution in [0.25, 0.3) is 0 Å². The summed E-state index contributed by atoms with van der Waals surface area (Å²) in [7, 11) is 1.32. The number of likely N-dealkylation sites (N-methyl/N-ethyl adjacent to an activating group) is 1. The molecule has 1 aliphatic carbocycles. The molecule has 1 fully saturated rings. The number of Topliss-reactive ketones (excluding diaryl/α,β-unsaturated/α-hetero) is 1. The average Bonchev–Trinajstić information content (AvgIpc) is 3.44. The first kappa shape index (κ1) is 55.1. The largest absolute Gasteiger partial charge is 0.472 e. The number of carbonyl (C=O) groups excluding carboxylic acids is 3.